The minimum absolute atomic E-state index is 0.0186. The number of ether oxygens (including phenoxy) is 2. The van der Waals surface area contributed by atoms with Gasteiger partial charge in [0.1, 0.15) is 6.10 Å². The van der Waals surface area contributed by atoms with Gasteiger partial charge in [0.2, 0.25) is 0 Å². The van der Waals surface area contributed by atoms with E-state index in [-0.39, 0.29) is 30.0 Å². The van der Waals surface area contributed by atoms with Crippen LogP contribution in [0.2, 0.25) is 0 Å². The normalized spacial score (nSPS) is 46.8. The molecule has 7 atom stereocenters. The predicted molar refractivity (Wildman–Crippen MR) is 95.2 cm³/mol. The van der Waals surface area contributed by atoms with Gasteiger partial charge < -0.3 is 14.3 Å². The molecule has 0 aromatic heterocycles. The fraction of sp³-hybridized carbons (Fsp3) is 0.667. The molecule has 1 aromatic carbocycles. The molecule has 0 amide bonds. The lowest BCUT2D eigenvalue weighted by Crippen LogP contribution is -2.65. The third-order valence-corrected chi connectivity index (χ3v) is 7.47. The summed E-state index contributed by atoms with van der Waals surface area (Å²) in [4.78, 5) is 5.64. The van der Waals surface area contributed by atoms with Crippen molar-refractivity contribution >= 4 is 5.71 Å². The van der Waals surface area contributed by atoms with Crippen molar-refractivity contribution in [2.45, 2.75) is 64.6 Å². The van der Waals surface area contributed by atoms with Crippen LogP contribution >= 0.6 is 0 Å². The smallest absolute Gasteiger partial charge is 0.171 e. The molecule has 134 valence electrons. The van der Waals surface area contributed by atoms with Crippen molar-refractivity contribution in [2.24, 2.45) is 28.3 Å². The van der Waals surface area contributed by atoms with E-state index in [0.717, 1.165) is 23.6 Å². The van der Waals surface area contributed by atoms with E-state index in [0.29, 0.717) is 11.3 Å². The van der Waals surface area contributed by atoms with Gasteiger partial charge in [-0.1, -0.05) is 49.3 Å². The van der Waals surface area contributed by atoms with Crippen molar-refractivity contribution in [3.8, 4) is 0 Å². The average molecular weight is 341 g/mol. The van der Waals surface area contributed by atoms with E-state index in [9.17, 15) is 0 Å². The molecule has 2 heterocycles. The van der Waals surface area contributed by atoms with Crippen LogP contribution < -0.4 is 0 Å². The highest BCUT2D eigenvalue weighted by Gasteiger charge is 2.68. The third kappa shape index (κ3) is 2.04. The second-order valence-corrected chi connectivity index (χ2v) is 9.02. The van der Waals surface area contributed by atoms with E-state index < -0.39 is 0 Å². The summed E-state index contributed by atoms with van der Waals surface area (Å²) in [5, 5.41) is 4.37. The maximum atomic E-state index is 6.66. The van der Waals surface area contributed by atoms with Gasteiger partial charge in [-0.3, -0.25) is 0 Å². The van der Waals surface area contributed by atoms with Crippen LogP contribution in [0, 0.1) is 23.2 Å². The number of rotatable bonds is 2. The molecule has 0 N–H and O–H groups in total. The Morgan fingerprint density at radius 1 is 1.08 bits per heavy atom. The average Bonchev–Trinajstić information content (AvgIpc) is 3.14. The maximum absolute atomic E-state index is 6.66. The summed E-state index contributed by atoms with van der Waals surface area (Å²) >= 11 is 0. The Balaban J connectivity index is 1.44. The number of hydrogen-bond donors (Lipinski definition) is 0. The van der Waals surface area contributed by atoms with Gasteiger partial charge >= 0.3 is 0 Å². The number of oxime groups is 1. The topological polar surface area (TPSA) is 40.0 Å². The minimum Gasteiger partial charge on any atom is -0.392 e. The van der Waals surface area contributed by atoms with Gasteiger partial charge in [-0.25, -0.2) is 0 Å². The molecule has 0 unspecified atom stereocenters. The van der Waals surface area contributed by atoms with Gasteiger partial charge in [0, 0.05) is 0 Å². The molecule has 0 radical (unpaired) electrons. The Bertz CT molecular complexity index is 715. The van der Waals surface area contributed by atoms with Crippen LogP contribution in [0.1, 0.15) is 46.1 Å². The lowest BCUT2D eigenvalue weighted by molar-refractivity contribution is -0.212. The molecule has 0 spiro atoms. The summed E-state index contributed by atoms with van der Waals surface area (Å²) < 4.78 is 13.1. The van der Waals surface area contributed by atoms with Gasteiger partial charge in [-0.2, -0.15) is 0 Å². The maximum Gasteiger partial charge on any atom is 0.171 e. The third-order valence-electron chi connectivity index (χ3n) is 7.47. The van der Waals surface area contributed by atoms with Crippen LogP contribution in [0.3, 0.4) is 0 Å². The quantitative estimate of drug-likeness (QED) is 0.816. The van der Waals surface area contributed by atoms with Crippen molar-refractivity contribution in [3.63, 3.8) is 0 Å². The van der Waals surface area contributed by atoms with E-state index >= 15 is 0 Å². The van der Waals surface area contributed by atoms with Gasteiger partial charge in [0.25, 0.3) is 0 Å². The van der Waals surface area contributed by atoms with Crippen LogP contribution in [0.4, 0.5) is 0 Å². The Labute approximate surface area is 149 Å². The zero-order valence-corrected chi connectivity index (χ0v) is 15.4. The highest BCUT2D eigenvalue weighted by molar-refractivity contribution is 6.03. The Morgan fingerprint density at radius 3 is 2.56 bits per heavy atom. The largest absolute Gasteiger partial charge is 0.392 e. The van der Waals surface area contributed by atoms with E-state index in [4.69, 9.17) is 14.3 Å². The minimum atomic E-state index is -0.276. The van der Waals surface area contributed by atoms with E-state index in [1.165, 1.54) is 6.42 Å². The van der Waals surface area contributed by atoms with Crippen LogP contribution in [0.5, 0.6) is 0 Å². The lowest BCUT2D eigenvalue weighted by atomic mass is 9.43. The van der Waals surface area contributed by atoms with Gasteiger partial charge in [-0.05, 0) is 49.5 Å². The predicted octanol–water partition coefficient (Wildman–Crippen LogP) is 3.99. The molecular formula is C21H27NO3. The molecule has 25 heavy (non-hydrogen) atoms. The first-order valence-corrected chi connectivity index (χ1v) is 9.53. The molecule has 2 aliphatic heterocycles. The van der Waals surface area contributed by atoms with Crippen LogP contribution in [0.15, 0.2) is 35.5 Å². The first-order chi connectivity index (χ1) is 11.9. The fourth-order valence-electron chi connectivity index (χ4n) is 5.74. The highest BCUT2D eigenvalue weighted by Crippen LogP contribution is 2.66. The monoisotopic (exact) mass is 341 g/mol. The van der Waals surface area contributed by atoms with Gasteiger partial charge in [0.05, 0.1) is 23.3 Å². The zero-order valence-electron chi connectivity index (χ0n) is 15.4. The molecule has 4 fully saturated rings. The molecule has 3 saturated carbocycles. The van der Waals surface area contributed by atoms with Crippen molar-refractivity contribution in [3.05, 3.63) is 35.9 Å². The summed E-state index contributed by atoms with van der Waals surface area (Å²) in [5.74, 6) is 1.35. The Morgan fingerprint density at radius 2 is 1.84 bits per heavy atom. The Kier molecular flexibility index (Phi) is 3.21. The summed E-state index contributed by atoms with van der Waals surface area (Å²) in [6.07, 6.45) is 2.26. The summed E-state index contributed by atoms with van der Waals surface area (Å²) in [7, 11) is 0. The standard InChI is InChI=1S/C21H27NO3/c1-12-17(18(22-25-12)13-8-6-5-7-9-13)19-23-16-11-14-10-15(20(14,2)3)21(16,4)24-19/h5-9,12,14-17,19H,10-11H2,1-4H3/t12-,14-,15-,16+,17-,19+,21-/m1/s1. The van der Waals surface area contributed by atoms with Crippen molar-refractivity contribution < 1.29 is 14.3 Å². The molecule has 4 heteroatoms. The van der Waals surface area contributed by atoms with Crippen LogP contribution in [0.25, 0.3) is 0 Å². The molecule has 1 saturated heterocycles. The Hall–Kier alpha value is -1.39. The van der Waals surface area contributed by atoms with Crippen LogP contribution in [-0.4, -0.2) is 29.8 Å². The van der Waals surface area contributed by atoms with Gasteiger partial charge in [-0.15, -0.1) is 0 Å². The lowest BCUT2D eigenvalue weighted by Gasteiger charge is -2.63. The summed E-state index contributed by atoms with van der Waals surface area (Å²) in [5.41, 5.74) is 2.21. The first kappa shape index (κ1) is 15.8. The van der Waals surface area contributed by atoms with Crippen molar-refractivity contribution in [2.75, 3.05) is 0 Å². The molecule has 6 rings (SSSR count). The number of benzene rings is 1. The molecule has 5 aliphatic rings. The summed E-state index contributed by atoms with van der Waals surface area (Å²) in [6, 6.07) is 10.2. The molecule has 3 aliphatic carbocycles. The molecule has 1 aromatic rings. The van der Waals surface area contributed by atoms with Crippen molar-refractivity contribution in [1.82, 2.24) is 0 Å². The zero-order chi connectivity index (χ0) is 17.4. The van der Waals surface area contributed by atoms with E-state index in [1.54, 1.807) is 0 Å². The second kappa shape index (κ2) is 5.08. The highest BCUT2D eigenvalue weighted by atomic mass is 16.7. The van der Waals surface area contributed by atoms with E-state index in [2.05, 4.69) is 45.0 Å². The second-order valence-electron chi connectivity index (χ2n) is 9.02. The molecule has 2 bridgehead atoms. The van der Waals surface area contributed by atoms with Gasteiger partial charge in [0.15, 0.2) is 6.29 Å². The van der Waals surface area contributed by atoms with Crippen molar-refractivity contribution in [1.29, 1.82) is 0 Å². The summed E-state index contributed by atoms with van der Waals surface area (Å²) in [6.45, 7) is 9.11. The number of hydrogen-bond acceptors (Lipinski definition) is 4. The first-order valence-electron chi connectivity index (χ1n) is 9.53. The van der Waals surface area contributed by atoms with Crippen LogP contribution in [-0.2, 0) is 14.3 Å². The van der Waals surface area contributed by atoms with E-state index in [1.807, 2.05) is 18.2 Å². The fourth-order valence-corrected chi connectivity index (χ4v) is 5.74. The number of nitrogens with zero attached hydrogens (tertiary/aromatic N) is 1. The molecular weight excluding hydrogens is 314 g/mol. The molecule has 4 nitrogen and oxygen atoms in total. The SMILES string of the molecule is C[C@H]1ON=C(c2ccccc2)[C@@H]1[C@H]1O[C@H]2C[C@H]3C[C@H](C3(C)C)[C@@]2(C)O1.